The average Bonchev–Trinajstić information content (AvgIpc) is 2.81. The number of hydrogen-bond acceptors (Lipinski definition) is 4. The molecule has 4 heteroatoms. The van der Waals surface area contributed by atoms with E-state index in [1.165, 1.54) is 12.7 Å². The number of hydrogen-bond donors (Lipinski definition) is 1. The fraction of sp³-hybridized carbons (Fsp3) is 0.357. The summed E-state index contributed by atoms with van der Waals surface area (Å²) in [5, 5.41) is 3.34. The van der Waals surface area contributed by atoms with Crippen molar-refractivity contribution in [2.45, 2.75) is 13.0 Å². The van der Waals surface area contributed by atoms with Crippen LogP contribution in [0, 0.1) is 0 Å². The first-order chi connectivity index (χ1) is 8.72. The minimum atomic E-state index is -0.292. The van der Waals surface area contributed by atoms with Crippen LogP contribution in [0.2, 0.25) is 0 Å². The summed E-state index contributed by atoms with van der Waals surface area (Å²) in [6.07, 6.45) is 1.83. The molecule has 0 saturated heterocycles. The average molecular weight is 247 g/mol. The van der Waals surface area contributed by atoms with Crippen molar-refractivity contribution in [3.63, 3.8) is 0 Å². The summed E-state index contributed by atoms with van der Waals surface area (Å²) in [6, 6.07) is 8.16. The Bertz CT molecular complexity index is 468. The van der Waals surface area contributed by atoms with Gasteiger partial charge in [0.2, 0.25) is 0 Å². The first kappa shape index (κ1) is 12.6. The van der Waals surface area contributed by atoms with E-state index in [-0.39, 0.29) is 12.0 Å². The van der Waals surface area contributed by atoms with Gasteiger partial charge in [0.05, 0.1) is 13.2 Å². The van der Waals surface area contributed by atoms with Crippen molar-refractivity contribution in [1.29, 1.82) is 0 Å². The maximum atomic E-state index is 11.2. The van der Waals surface area contributed by atoms with Crippen LogP contribution in [0.3, 0.4) is 0 Å². The fourth-order valence-electron chi connectivity index (χ4n) is 1.93. The van der Waals surface area contributed by atoms with Crippen molar-refractivity contribution in [1.82, 2.24) is 5.32 Å². The summed E-state index contributed by atoms with van der Waals surface area (Å²) in [6.45, 7) is 2.99. The zero-order valence-corrected chi connectivity index (χ0v) is 10.6. The molecule has 0 saturated carbocycles. The number of ether oxygens (including phenoxy) is 2. The van der Waals surface area contributed by atoms with Crippen LogP contribution in [0.4, 0.5) is 0 Å². The number of methoxy groups -OCH3 is 1. The van der Waals surface area contributed by atoms with Gasteiger partial charge in [-0.05, 0) is 13.0 Å². The normalized spacial score (nSPS) is 18.1. The van der Waals surface area contributed by atoms with E-state index in [4.69, 9.17) is 4.74 Å². The molecule has 1 atom stereocenters. The molecule has 1 aliphatic rings. The first-order valence-corrected chi connectivity index (χ1v) is 5.92. The Labute approximate surface area is 107 Å². The van der Waals surface area contributed by atoms with Crippen molar-refractivity contribution < 1.29 is 14.3 Å². The van der Waals surface area contributed by atoms with Gasteiger partial charge in [-0.15, -0.1) is 0 Å². The quantitative estimate of drug-likeness (QED) is 0.651. The van der Waals surface area contributed by atoms with Gasteiger partial charge in [0, 0.05) is 17.7 Å². The third-order valence-electron chi connectivity index (χ3n) is 2.98. The van der Waals surface area contributed by atoms with Crippen LogP contribution in [0.5, 0.6) is 5.75 Å². The molecule has 0 fully saturated rings. The highest BCUT2D eigenvalue weighted by Gasteiger charge is 2.22. The Balaban J connectivity index is 1.91. The molecule has 2 rings (SSSR count). The molecule has 1 aromatic rings. The highest BCUT2D eigenvalue weighted by Crippen LogP contribution is 2.31. The molecule has 1 N–H and O–H groups in total. The highest BCUT2D eigenvalue weighted by molar-refractivity contribution is 5.87. The largest absolute Gasteiger partial charge is 0.491 e. The molecule has 4 nitrogen and oxygen atoms in total. The molecule has 0 bridgehead atoms. The van der Waals surface area contributed by atoms with E-state index < -0.39 is 0 Å². The van der Waals surface area contributed by atoms with Crippen molar-refractivity contribution in [2.24, 2.45) is 0 Å². The molecule has 96 valence electrons. The van der Waals surface area contributed by atoms with Gasteiger partial charge in [-0.1, -0.05) is 24.3 Å². The van der Waals surface area contributed by atoms with Crippen molar-refractivity contribution >= 4 is 5.97 Å². The van der Waals surface area contributed by atoms with Crippen LogP contribution < -0.4 is 10.1 Å². The number of fused-ring (bicyclic) bond motifs is 1. The molecule has 0 amide bonds. The predicted octanol–water partition coefficient (Wildman–Crippen LogP) is 1.83. The number of nitrogens with one attached hydrogen (secondary N) is 1. The Morgan fingerprint density at radius 2 is 2.33 bits per heavy atom. The molecular weight excluding hydrogens is 230 g/mol. The maximum Gasteiger partial charge on any atom is 0.333 e. The molecule has 1 aliphatic heterocycles. The standard InChI is InChI=1S/C14H17NO3/c1-10(14(16)17-2)7-8-15-12-9-18-13-6-4-3-5-11(12)13/h3-7,12,15H,8-9H2,1-2H3/b10-7+. The zero-order chi connectivity index (χ0) is 13.0. The monoisotopic (exact) mass is 247 g/mol. The van der Waals surface area contributed by atoms with Gasteiger partial charge in [-0.3, -0.25) is 0 Å². The lowest BCUT2D eigenvalue weighted by Gasteiger charge is -2.09. The summed E-state index contributed by atoms with van der Waals surface area (Å²) >= 11 is 0. The maximum absolute atomic E-state index is 11.2. The molecule has 1 unspecified atom stereocenters. The Hall–Kier alpha value is -1.81. The number of carbonyl (C=O) groups is 1. The van der Waals surface area contributed by atoms with Crippen molar-refractivity contribution in [3.05, 3.63) is 41.5 Å². The Morgan fingerprint density at radius 1 is 1.56 bits per heavy atom. The third-order valence-corrected chi connectivity index (χ3v) is 2.98. The predicted molar refractivity (Wildman–Crippen MR) is 68.5 cm³/mol. The van der Waals surface area contributed by atoms with Gasteiger partial charge in [0.1, 0.15) is 12.4 Å². The second kappa shape index (κ2) is 5.69. The summed E-state index contributed by atoms with van der Waals surface area (Å²) in [5.74, 6) is 0.642. The van der Waals surface area contributed by atoms with Crippen LogP contribution >= 0.6 is 0 Å². The van der Waals surface area contributed by atoms with Crippen LogP contribution in [0.1, 0.15) is 18.5 Å². The third kappa shape index (κ3) is 2.71. The lowest BCUT2D eigenvalue weighted by atomic mass is 10.1. The summed E-state index contributed by atoms with van der Waals surface area (Å²) in [4.78, 5) is 11.2. The molecule has 0 aromatic heterocycles. The number of rotatable bonds is 4. The second-order valence-corrected chi connectivity index (χ2v) is 4.19. The van der Waals surface area contributed by atoms with Crippen molar-refractivity contribution in [3.8, 4) is 5.75 Å². The molecular formula is C14H17NO3. The first-order valence-electron chi connectivity index (χ1n) is 5.92. The number of esters is 1. The zero-order valence-electron chi connectivity index (χ0n) is 10.6. The Kier molecular flexibility index (Phi) is 3.99. The highest BCUT2D eigenvalue weighted by atomic mass is 16.5. The molecule has 0 aliphatic carbocycles. The van der Waals surface area contributed by atoms with Crippen molar-refractivity contribution in [2.75, 3.05) is 20.3 Å². The van der Waals surface area contributed by atoms with Gasteiger partial charge in [-0.25, -0.2) is 4.79 Å². The van der Waals surface area contributed by atoms with Crippen LogP contribution in [0.15, 0.2) is 35.9 Å². The molecule has 1 aromatic carbocycles. The number of carbonyl (C=O) groups excluding carboxylic acids is 1. The summed E-state index contributed by atoms with van der Waals surface area (Å²) in [5.41, 5.74) is 1.78. The summed E-state index contributed by atoms with van der Waals surface area (Å²) in [7, 11) is 1.38. The van der Waals surface area contributed by atoms with Gasteiger partial charge < -0.3 is 14.8 Å². The van der Waals surface area contributed by atoms with Gasteiger partial charge in [-0.2, -0.15) is 0 Å². The number of benzene rings is 1. The van der Waals surface area contributed by atoms with Crippen LogP contribution in [0.25, 0.3) is 0 Å². The summed E-state index contributed by atoms with van der Waals surface area (Å²) < 4.78 is 10.2. The minimum Gasteiger partial charge on any atom is -0.491 e. The van der Waals surface area contributed by atoms with Gasteiger partial charge in [0.15, 0.2) is 0 Å². The van der Waals surface area contributed by atoms with E-state index in [1.807, 2.05) is 24.3 Å². The van der Waals surface area contributed by atoms with Gasteiger partial charge in [0.25, 0.3) is 0 Å². The van der Waals surface area contributed by atoms with E-state index in [2.05, 4.69) is 16.1 Å². The molecule has 1 heterocycles. The molecule has 0 spiro atoms. The van der Waals surface area contributed by atoms with E-state index in [0.29, 0.717) is 18.7 Å². The van der Waals surface area contributed by atoms with E-state index >= 15 is 0 Å². The van der Waals surface area contributed by atoms with Crippen LogP contribution in [-0.2, 0) is 9.53 Å². The Morgan fingerprint density at radius 3 is 3.11 bits per heavy atom. The number of para-hydroxylation sites is 1. The van der Waals surface area contributed by atoms with E-state index in [0.717, 1.165) is 5.75 Å². The topological polar surface area (TPSA) is 47.6 Å². The fourth-order valence-corrected chi connectivity index (χ4v) is 1.93. The SMILES string of the molecule is COC(=O)/C(C)=C/CNC1COc2ccccc21. The second-order valence-electron chi connectivity index (χ2n) is 4.19. The minimum absolute atomic E-state index is 0.183. The lowest BCUT2D eigenvalue weighted by Crippen LogP contribution is -2.23. The smallest absolute Gasteiger partial charge is 0.333 e. The lowest BCUT2D eigenvalue weighted by molar-refractivity contribution is -0.136. The van der Waals surface area contributed by atoms with Gasteiger partial charge >= 0.3 is 5.97 Å². The van der Waals surface area contributed by atoms with E-state index in [1.54, 1.807) is 6.92 Å². The van der Waals surface area contributed by atoms with E-state index in [9.17, 15) is 4.79 Å². The van der Waals surface area contributed by atoms with Crippen LogP contribution in [-0.4, -0.2) is 26.2 Å². The molecule has 0 radical (unpaired) electrons. The molecule has 18 heavy (non-hydrogen) atoms.